The molecule has 6 heteroatoms. The lowest BCUT2D eigenvalue weighted by Crippen LogP contribution is -2.40. The van der Waals surface area contributed by atoms with Crippen LogP contribution in [-0.2, 0) is 6.42 Å². The lowest BCUT2D eigenvalue weighted by Gasteiger charge is -2.08. The minimum absolute atomic E-state index is 0.246. The van der Waals surface area contributed by atoms with Crippen LogP contribution in [0.3, 0.4) is 0 Å². The number of urea groups is 1. The van der Waals surface area contributed by atoms with Crippen molar-refractivity contribution in [1.29, 1.82) is 0 Å². The molecule has 0 spiro atoms. The number of benzene rings is 2. The first kappa shape index (κ1) is 15.5. The molecule has 0 atom stereocenters. The van der Waals surface area contributed by atoms with Gasteiger partial charge in [0, 0.05) is 12.2 Å². The van der Waals surface area contributed by atoms with Crippen molar-refractivity contribution in [2.24, 2.45) is 0 Å². The summed E-state index contributed by atoms with van der Waals surface area (Å²) in [7, 11) is 0. The van der Waals surface area contributed by atoms with Crippen LogP contribution in [0.1, 0.15) is 15.9 Å². The molecule has 0 radical (unpaired) electrons. The molecule has 4 N–H and O–H groups in total. The normalized spacial score (nSPS) is 10.0. The second-order valence-electron chi connectivity index (χ2n) is 4.67. The largest absolute Gasteiger partial charge is 0.398 e. The summed E-state index contributed by atoms with van der Waals surface area (Å²) in [4.78, 5) is 23.5. The molecule has 0 bridgehead atoms. The smallest absolute Gasteiger partial charge is 0.321 e. The van der Waals surface area contributed by atoms with Crippen LogP contribution >= 0.6 is 0 Å². The summed E-state index contributed by atoms with van der Waals surface area (Å²) in [5.74, 6) is -0.863. The Balaban J connectivity index is 1.79. The van der Waals surface area contributed by atoms with Gasteiger partial charge in [0.15, 0.2) is 0 Å². The van der Waals surface area contributed by atoms with Gasteiger partial charge in [0.1, 0.15) is 5.82 Å². The molecule has 3 amide bonds. The molecule has 0 aliphatic carbocycles. The van der Waals surface area contributed by atoms with Gasteiger partial charge in [-0.05, 0) is 36.2 Å². The van der Waals surface area contributed by atoms with Crippen molar-refractivity contribution in [3.05, 3.63) is 65.5 Å². The van der Waals surface area contributed by atoms with Gasteiger partial charge in [0.25, 0.3) is 5.91 Å². The molecule has 0 saturated carbocycles. The van der Waals surface area contributed by atoms with Crippen LogP contribution in [0.4, 0.5) is 14.9 Å². The van der Waals surface area contributed by atoms with Crippen molar-refractivity contribution in [3.63, 3.8) is 0 Å². The van der Waals surface area contributed by atoms with E-state index in [4.69, 9.17) is 5.73 Å². The van der Waals surface area contributed by atoms with Crippen molar-refractivity contribution < 1.29 is 14.0 Å². The van der Waals surface area contributed by atoms with Crippen LogP contribution in [0.15, 0.2) is 48.5 Å². The van der Waals surface area contributed by atoms with Gasteiger partial charge < -0.3 is 11.1 Å². The molecule has 0 saturated heterocycles. The number of hydrogen-bond donors (Lipinski definition) is 3. The predicted octanol–water partition coefficient (Wildman–Crippen LogP) is 2.09. The second kappa shape index (κ2) is 7.21. The summed E-state index contributed by atoms with van der Waals surface area (Å²) in [5, 5.41) is 4.76. The molecule has 114 valence electrons. The molecule has 0 unspecified atom stereocenters. The third-order valence-corrected chi connectivity index (χ3v) is 3.04. The van der Waals surface area contributed by atoms with Crippen LogP contribution in [0.25, 0.3) is 0 Å². The van der Waals surface area contributed by atoms with E-state index in [1.165, 1.54) is 18.2 Å². The van der Waals surface area contributed by atoms with E-state index in [2.05, 4.69) is 10.6 Å². The van der Waals surface area contributed by atoms with Gasteiger partial charge in [0.2, 0.25) is 0 Å². The fourth-order valence-electron chi connectivity index (χ4n) is 1.89. The Morgan fingerprint density at radius 2 is 1.73 bits per heavy atom. The lowest BCUT2D eigenvalue weighted by molar-refractivity contribution is 0.0965. The number of carbonyl (C=O) groups is 2. The molecule has 0 heterocycles. The zero-order valence-electron chi connectivity index (χ0n) is 11.8. The summed E-state index contributed by atoms with van der Waals surface area (Å²) in [5.41, 5.74) is 7.10. The average molecular weight is 301 g/mol. The molecule has 5 nitrogen and oxygen atoms in total. The van der Waals surface area contributed by atoms with Crippen LogP contribution < -0.4 is 16.4 Å². The quantitative estimate of drug-likeness (QED) is 0.756. The molecule has 2 aromatic rings. The average Bonchev–Trinajstić information content (AvgIpc) is 2.49. The SMILES string of the molecule is Nc1ccccc1C(=O)NC(=O)NCCc1ccc(F)cc1. The third kappa shape index (κ3) is 4.31. The van der Waals surface area contributed by atoms with Gasteiger partial charge in [0.05, 0.1) is 5.56 Å². The van der Waals surface area contributed by atoms with E-state index in [9.17, 15) is 14.0 Å². The second-order valence-corrected chi connectivity index (χ2v) is 4.67. The number of halogens is 1. The maximum atomic E-state index is 12.7. The summed E-state index contributed by atoms with van der Waals surface area (Å²) >= 11 is 0. The van der Waals surface area contributed by atoms with Crippen LogP contribution in [0.2, 0.25) is 0 Å². The Morgan fingerprint density at radius 1 is 1.05 bits per heavy atom. The van der Waals surface area contributed by atoms with Gasteiger partial charge in [-0.1, -0.05) is 24.3 Å². The molecule has 0 aliphatic rings. The van der Waals surface area contributed by atoms with E-state index in [1.54, 1.807) is 30.3 Å². The highest BCUT2D eigenvalue weighted by atomic mass is 19.1. The van der Waals surface area contributed by atoms with Gasteiger partial charge in [-0.3, -0.25) is 10.1 Å². The minimum Gasteiger partial charge on any atom is -0.398 e. The Kier molecular flexibility index (Phi) is 5.08. The fraction of sp³-hybridized carbons (Fsp3) is 0.125. The maximum Gasteiger partial charge on any atom is 0.321 e. The molecule has 0 fully saturated rings. The Bertz CT molecular complexity index is 671. The van der Waals surface area contributed by atoms with E-state index < -0.39 is 11.9 Å². The highest BCUT2D eigenvalue weighted by molar-refractivity contribution is 6.07. The van der Waals surface area contributed by atoms with Gasteiger partial charge in [-0.15, -0.1) is 0 Å². The molecular formula is C16H16FN3O2. The van der Waals surface area contributed by atoms with E-state index in [0.29, 0.717) is 18.7 Å². The molecule has 22 heavy (non-hydrogen) atoms. The zero-order chi connectivity index (χ0) is 15.9. The minimum atomic E-state index is -0.602. The summed E-state index contributed by atoms with van der Waals surface area (Å²) in [6.07, 6.45) is 0.537. The summed E-state index contributed by atoms with van der Waals surface area (Å²) < 4.78 is 12.7. The topological polar surface area (TPSA) is 84.2 Å². The molecule has 0 aromatic heterocycles. The van der Waals surface area contributed by atoms with Crippen molar-refractivity contribution >= 4 is 17.6 Å². The Morgan fingerprint density at radius 3 is 2.41 bits per heavy atom. The number of amides is 3. The third-order valence-electron chi connectivity index (χ3n) is 3.04. The number of anilines is 1. The van der Waals surface area contributed by atoms with Gasteiger partial charge in [-0.25, -0.2) is 9.18 Å². The first-order valence-corrected chi connectivity index (χ1v) is 6.74. The van der Waals surface area contributed by atoms with Crippen molar-refractivity contribution in [2.45, 2.75) is 6.42 Å². The van der Waals surface area contributed by atoms with Crippen LogP contribution in [0, 0.1) is 5.82 Å². The number of carbonyl (C=O) groups excluding carboxylic acids is 2. The molecule has 0 aliphatic heterocycles. The predicted molar refractivity (Wildman–Crippen MR) is 81.8 cm³/mol. The van der Waals surface area contributed by atoms with E-state index >= 15 is 0 Å². The number of rotatable bonds is 4. The van der Waals surface area contributed by atoms with Crippen LogP contribution in [0.5, 0.6) is 0 Å². The van der Waals surface area contributed by atoms with Crippen LogP contribution in [-0.4, -0.2) is 18.5 Å². The molecule has 2 aromatic carbocycles. The number of nitrogens with two attached hydrogens (primary N) is 1. The van der Waals surface area contributed by atoms with Crippen molar-refractivity contribution in [3.8, 4) is 0 Å². The molecule has 2 rings (SSSR count). The Hall–Kier alpha value is -2.89. The number of nitrogens with one attached hydrogen (secondary N) is 2. The monoisotopic (exact) mass is 301 g/mol. The number of nitrogen functional groups attached to an aromatic ring is 1. The van der Waals surface area contributed by atoms with Crippen molar-refractivity contribution in [2.75, 3.05) is 12.3 Å². The first-order chi connectivity index (χ1) is 10.6. The number of imide groups is 1. The van der Waals surface area contributed by atoms with Gasteiger partial charge >= 0.3 is 6.03 Å². The molecular weight excluding hydrogens is 285 g/mol. The first-order valence-electron chi connectivity index (χ1n) is 6.74. The summed E-state index contributed by atoms with van der Waals surface area (Å²) in [6.45, 7) is 0.328. The number of hydrogen-bond acceptors (Lipinski definition) is 3. The van der Waals surface area contributed by atoms with E-state index in [-0.39, 0.29) is 11.4 Å². The number of para-hydroxylation sites is 1. The highest BCUT2D eigenvalue weighted by Crippen LogP contribution is 2.09. The van der Waals surface area contributed by atoms with E-state index in [0.717, 1.165) is 5.56 Å². The fourth-order valence-corrected chi connectivity index (χ4v) is 1.89. The maximum absolute atomic E-state index is 12.7. The standard InChI is InChI=1S/C16H16FN3O2/c17-12-7-5-11(6-8-12)9-10-19-16(22)20-15(21)13-3-1-2-4-14(13)18/h1-8H,9-10,18H2,(H2,19,20,21,22). The van der Waals surface area contributed by atoms with E-state index in [1.807, 2.05) is 0 Å². The lowest BCUT2D eigenvalue weighted by atomic mass is 10.1. The summed E-state index contributed by atoms with van der Waals surface area (Å²) in [6, 6.07) is 11.9. The van der Waals surface area contributed by atoms with Crippen molar-refractivity contribution in [1.82, 2.24) is 10.6 Å². The van der Waals surface area contributed by atoms with Gasteiger partial charge in [-0.2, -0.15) is 0 Å². The Labute approximate surface area is 127 Å². The zero-order valence-corrected chi connectivity index (χ0v) is 11.8. The highest BCUT2D eigenvalue weighted by Gasteiger charge is 2.12.